The number of aromatic nitrogens is 1. The summed E-state index contributed by atoms with van der Waals surface area (Å²) in [5, 5.41) is 0. The topological polar surface area (TPSA) is 61.3 Å². The van der Waals surface area contributed by atoms with Crippen molar-refractivity contribution >= 4 is 0 Å². The summed E-state index contributed by atoms with van der Waals surface area (Å²) < 4.78 is 9.88. The first-order valence-electron chi connectivity index (χ1n) is 3.15. The minimum atomic E-state index is 0.452. The van der Waals surface area contributed by atoms with Gasteiger partial charge in [-0.1, -0.05) is 0 Å². The zero-order valence-corrected chi connectivity index (χ0v) is 5.62. The molecule has 0 aromatic carbocycles. The Balaban J connectivity index is 2.15. The quantitative estimate of drug-likeness (QED) is 0.618. The van der Waals surface area contributed by atoms with Gasteiger partial charge in [-0.05, 0) is 13.0 Å². The molecule has 56 valence electrons. The second-order valence-corrected chi connectivity index (χ2v) is 1.81. The first kappa shape index (κ1) is 7.08. The van der Waals surface area contributed by atoms with Gasteiger partial charge in [-0.2, -0.15) is 0 Å². The predicted octanol–water partition coefficient (Wildman–Crippen LogP) is 0.402. The molecule has 0 saturated heterocycles. The molecule has 0 spiro atoms. The van der Waals surface area contributed by atoms with Gasteiger partial charge in [0.2, 0.25) is 0 Å². The van der Waals surface area contributed by atoms with Crippen molar-refractivity contribution in [2.24, 2.45) is 5.73 Å². The first-order valence-corrected chi connectivity index (χ1v) is 3.15. The third-order valence-corrected chi connectivity index (χ3v) is 1.00. The molecule has 0 fully saturated rings. The van der Waals surface area contributed by atoms with Gasteiger partial charge in [0, 0.05) is 0 Å². The fraction of sp³-hybridized carbons (Fsp3) is 0.500. The Hall–Kier alpha value is -1.03. The van der Waals surface area contributed by atoms with Gasteiger partial charge in [0.1, 0.15) is 6.20 Å². The second kappa shape index (κ2) is 3.90. The van der Waals surface area contributed by atoms with Gasteiger partial charge in [0.15, 0.2) is 6.39 Å². The maximum absolute atomic E-state index is 5.24. The van der Waals surface area contributed by atoms with Crippen LogP contribution < -0.4 is 10.5 Å². The largest absolute Gasteiger partial charge is 0.464 e. The molecule has 0 aliphatic heterocycles. The molecule has 0 aliphatic rings. The Kier molecular flexibility index (Phi) is 2.76. The summed E-state index contributed by atoms with van der Waals surface area (Å²) >= 11 is 0. The lowest BCUT2D eigenvalue weighted by molar-refractivity contribution is 0.241. The standard InChI is InChI=1S/C6H10N2O2/c7-2-1-3-9-6-4-8-5-10-6/h4-5H,1-3,7H2. The fourth-order valence-corrected chi connectivity index (χ4v) is 0.531. The van der Waals surface area contributed by atoms with E-state index in [0.717, 1.165) is 6.42 Å². The van der Waals surface area contributed by atoms with Crippen LogP contribution in [0.25, 0.3) is 0 Å². The highest BCUT2D eigenvalue weighted by atomic mass is 16.6. The molecule has 10 heavy (non-hydrogen) atoms. The number of rotatable bonds is 4. The van der Waals surface area contributed by atoms with E-state index in [9.17, 15) is 0 Å². The van der Waals surface area contributed by atoms with Gasteiger partial charge in [0.05, 0.1) is 6.61 Å². The Morgan fingerprint density at radius 1 is 1.70 bits per heavy atom. The van der Waals surface area contributed by atoms with Crippen molar-refractivity contribution in [3.05, 3.63) is 12.6 Å². The first-order chi connectivity index (χ1) is 4.93. The molecule has 0 bridgehead atoms. The molecule has 4 heteroatoms. The van der Waals surface area contributed by atoms with E-state index in [-0.39, 0.29) is 0 Å². The van der Waals surface area contributed by atoms with Crippen LogP contribution in [0, 0.1) is 0 Å². The molecule has 0 radical (unpaired) electrons. The van der Waals surface area contributed by atoms with Crippen LogP contribution in [0.3, 0.4) is 0 Å². The molecule has 4 nitrogen and oxygen atoms in total. The highest BCUT2D eigenvalue weighted by Crippen LogP contribution is 2.06. The highest BCUT2D eigenvalue weighted by molar-refractivity contribution is 4.94. The zero-order chi connectivity index (χ0) is 7.23. The molecular formula is C6H10N2O2. The van der Waals surface area contributed by atoms with E-state index in [2.05, 4.69) is 4.98 Å². The van der Waals surface area contributed by atoms with Gasteiger partial charge in [0.25, 0.3) is 0 Å². The number of hydrogen-bond donors (Lipinski definition) is 1. The average Bonchev–Trinajstić information content (AvgIpc) is 2.41. The maximum atomic E-state index is 5.24. The normalized spacial score (nSPS) is 9.70. The second-order valence-electron chi connectivity index (χ2n) is 1.81. The molecule has 0 aliphatic carbocycles. The molecule has 0 amide bonds. The van der Waals surface area contributed by atoms with E-state index in [0.29, 0.717) is 19.1 Å². The van der Waals surface area contributed by atoms with Crippen LogP contribution in [-0.4, -0.2) is 18.1 Å². The highest BCUT2D eigenvalue weighted by Gasteiger charge is 1.93. The van der Waals surface area contributed by atoms with Gasteiger partial charge in [-0.3, -0.25) is 0 Å². The summed E-state index contributed by atoms with van der Waals surface area (Å²) in [5.41, 5.74) is 5.24. The van der Waals surface area contributed by atoms with Crippen LogP contribution in [-0.2, 0) is 0 Å². The lowest BCUT2D eigenvalue weighted by atomic mass is 10.5. The van der Waals surface area contributed by atoms with Crippen LogP contribution >= 0.6 is 0 Å². The van der Waals surface area contributed by atoms with Crippen LogP contribution in [0.15, 0.2) is 17.0 Å². The summed E-state index contributed by atoms with van der Waals surface area (Å²) in [6.07, 6.45) is 3.69. The smallest absolute Gasteiger partial charge is 0.304 e. The van der Waals surface area contributed by atoms with Crippen LogP contribution in [0.1, 0.15) is 6.42 Å². The molecule has 1 aromatic rings. The monoisotopic (exact) mass is 142 g/mol. The van der Waals surface area contributed by atoms with Crippen molar-refractivity contribution in [3.63, 3.8) is 0 Å². The molecular weight excluding hydrogens is 132 g/mol. The molecule has 0 saturated carbocycles. The Morgan fingerprint density at radius 3 is 3.20 bits per heavy atom. The fourth-order valence-electron chi connectivity index (χ4n) is 0.531. The van der Waals surface area contributed by atoms with Crippen LogP contribution in [0.5, 0.6) is 5.95 Å². The van der Waals surface area contributed by atoms with Gasteiger partial charge in [-0.25, -0.2) is 4.98 Å². The summed E-state index contributed by atoms with van der Waals surface area (Å²) in [6, 6.07) is 0. The van der Waals surface area contributed by atoms with E-state index in [4.69, 9.17) is 14.9 Å². The lowest BCUT2D eigenvalue weighted by Crippen LogP contribution is -2.05. The summed E-state index contributed by atoms with van der Waals surface area (Å²) in [6.45, 7) is 1.22. The number of ether oxygens (including phenoxy) is 1. The third-order valence-electron chi connectivity index (χ3n) is 1.00. The minimum absolute atomic E-state index is 0.452. The van der Waals surface area contributed by atoms with Gasteiger partial charge < -0.3 is 14.9 Å². The third kappa shape index (κ3) is 2.06. The van der Waals surface area contributed by atoms with E-state index in [1.54, 1.807) is 0 Å². The lowest BCUT2D eigenvalue weighted by Gasteiger charge is -1.97. The predicted molar refractivity (Wildman–Crippen MR) is 35.7 cm³/mol. The molecule has 1 aromatic heterocycles. The number of nitrogens with zero attached hydrogens (tertiary/aromatic N) is 1. The van der Waals surface area contributed by atoms with Crippen molar-refractivity contribution in [2.75, 3.05) is 13.2 Å². The number of hydrogen-bond acceptors (Lipinski definition) is 4. The van der Waals surface area contributed by atoms with E-state index >= 15 is 0 Å². The minimum Gasteiger partial charge on any atom is -0.464 e. The van der Waals surface area contributed by atoms with Crippen LogP contribution in [0.2, 0.25) is 0 Å². The van der Waals surface area contributed by atoms with Crippen molar-refractivity contribution in [2.45, 2.75) is 6.42 Å². The average molecular weight is 142 g/mol. The number of nitrogens with two attached hydrogens (primary N) is 1. The SMILES string of the molecule is NCCCOc1cnco1. The van der Waals surface area contributed by atoms with E-state index in [1.807, 2.05) is 0 Å². The molecule has 1 rings (SSSR count). The summed E-state index contributed by atoms with van der Waals surface area (Å²) in [7, 11) is 0. The van der Waals surface area contributed by atoms with Crippen molar-refractivity contribution in [3.8, 4) is 5.95 Å². The van der Waals surface area contributed by atoms with Gasteiger partial charge >= 0.3 is 5.95 Å². The molecule has 2 N–H and O–H groups in total. The van der Waals surface area contributed by atoms with Crippen molar-refractivity contribution in [1.82, 2.24) is 4.98 Å². The molecule has 1 heterocycles. The van der Waals surface area contributed by atoms with Crippen LogP contribution in [0.4, 0.5) is 0 Å². The Morgan fingerprint density at radius 2 is 2.60 bits per heavy atom. The molecule has 0 unspecified atom stereocenters. The Labute approximate surface area is 59.0 Å². The zero-order valence-electron chi connectivity index (χ0n) is 5.62. The van der Waals surface area contributed by atoms with E-state index < -0.39 is 0 Å². The van der Waals surface area contributed by atoms with E-state index in [1.165, 1.54) is 12.6 Å². The molecule has 0 atom stereocenters. The summed E-state index contributed by atoms with van der Waals surface area (Å²) in [4.78, 5) is 3.68. The maximum Gasteiger partial charge on any atom is 0.304 e. The Bertz CT molecular complexity index is 162. The number of oxazole rings is 1. The summed E-state index contributed by atoms with van der Waals surface area (Å²) in [5.74, 6) is 0.452. The van der Waals surface area contributed by atoms with Crippen molar-refractivity contribution < 1.29 is 9.15 Å². The van der Waals surface area contributed by atoms with Gasteiger partial charge in [-0.15, -0.1) is 0 Å². The van der Waals surface area contributed by atoms with Crippen molar-refractivity contribution in [1.29, 1.82) is 0 Å².